The number of hydrogen-bond donors (Lipinski definition) is 1. The molecule has 8 nitrogen and oxygen atoms in total. The van der Waals surface area contributed by atoms with Gasteiger partial charge in [-0.1, -0.05) is 55.0 Å². The maximum atomic E-state index is 14.2. The van der Waals surface area contributed by atoms with Crippen molar-refractivity contribution in [2.45, 2.75) is 43.9 Å². The predicted molar refractivity (Wildman–Crippen MR) is 135 cm³/mol. The van der Waals surface area contributed by atoms with Gasteiger partial charge in [0.05, 0.1) is 28.6 Å². The molecule has 36 heavy (non-hydrogen) atoms. The summed E-state index contributed by atoms with van der Waals surface area (Å²) in [5.74, 6) is -2.14. The molecule has 0 aliphatic carbocycles. The van der Waals surface area contributed by atoms with Crippen molar-refractivity contribution in [1.82, 2.24) is 9.80 Å². The van der Waals surface area contributed by atoms with E-state index < -0.39 is 29.6 Å². The number of ether oxygens (including phenoxy) is 1. The quantitative estimate of drug-likeness (QED) is 0.446. The number of likely N-dealkylation sites (tertiary alicyclic amines) is 1. The molecule has 1 unspecified atom stereocenters. The third kappa shape index (κ3) is 3.86. The highest BCUT2D eigenvalue weighted by molar-refractivity contribution is 6.34. The third-order valence-electron chi connectivity index (χ3n) is 7.69. The third-order valence-corrected chi connectivity index (χ3v) is 8.01. The number of carbonyl (C=O) groups excluding carboxylic acids is 3. The number of para-hydroxylation sites is 1. The average molecular weight is 514 g/mol. The molecule has 4 aliphatic heterocycles. The Bertz CT molecular complexity index is 1110. The average Bonchev–Trinajstić information content (AvgIpc) is 3.18. The number of anilines is 1. The summed E-state index contributed by atoms with van der Waals surface area (Å²) >= 11 is 6.46. The second-order valence-electron chi connectivity index (χ2n) is 9.82. The Morgan fingerprint density at radius 3 is 2.61 bits per heavy atom. The van der Waals surface area contributed by atoms with Crippen molar-refractivity contribution >= 4 is 35.0 Å². The van der Waals surface area contributed by atoms with Gasteiger partial charge in [-0.25, -0.2) is 0 Å². The van der Waals surface area contributed by atoms with Crippen LogP contribution in [-0.4, -0.2) is 83.2 Å². The number of fused-ring (bicyclic) bond motifs is 2. The summed E-state index contributed by atoms with van der Waals surface area (Å²) in [5.41, 5.74) is -0.692. The van der Waals surface area contributed by atoms with Crippen LogP contribution >= 0.6 is 11.6 Å². The molecule has 0 bridgehead atoms. The second-order valence-corrected chi connectivity index (χ2v) is 10.2. The van der Waals surface area contributed by atoms with Crippen LogP contribution in [0.2, 0.25) is 5.02 Å². The molecule has 2 saturated heterocycles. The zero-order chi connectivity index (χ0) is 25.4. The van der Waals surface area contributed by atoms with Gasteiger partial charge in [-0.2, -0.15) is 0 Å². The summed E-state index contributed by atoms with van der Waals surface area (Å²) in [7, 11) is 0. The molecule has 0 radical (unpaired) electrons. The van der Waals surface area contributed by atoms with Gasteiger partial charge in [0.15, 0.2) is 0 Å². The van der Waals surface area contributed by atoms with Crippen molar-refractivity contribution in [3.8, 4) is 0 Å². The first-order chi connectivity index (χ1) is 17.4. The number of unbranched alkanes of at least 4 members (excludes halogenated alkanes) is 1. The highest BCUT2D eigenvalue weighted by atomic mass is 35.5. The molecule has 1 N–H and O–H groups in total. The van der Waals surface area contributed by atoms with Crippen LogP contribution in [0.3, 0.4) is 0 Å². The zero-order valence-electron chi connectivity index (χ0n) is 20.4. The molecule has 0 saturated carbocycles. The van der Waals surface area contributed by atoms with Crippen LogP contribution in [0.1, 0.15) is 26.2 Å². The van der Waals surface area contributed by atoms with E-state index in [1.165, 1.54) is 0 Å². The first-order valence-corrected chi connectivity index (χ1v) is 13.1. The van der Waals surface area contributed by atoms with Gasteiger partial charge in [-0.3, -0.25) is 14.4 Å². The Morgan fingerprint density at radius 1 is 1.06 bits per heavy atom. The van der Waals surface area contributed by atoms with Crippen LogP contribution in [0.25, 0.3) is 0 Å². The van der Waals surface area contributed by atoms with E-state index in [2.05, 4.69) is 0 Å². The summed E-state index contributed by atoms with van der Waals surface area (Å²) < 4.78 is 6.62. The van der Waals surface area contributed by atoms with Crippen molar-refractivity contribution in [3.05, 3.63) is 53.6 Å². The van der Waals surface area contributed by atoms with E-state index in [-0.39, 0.29) is 30.9 Å². The lowest BCUT2D eigenvalue weighted by Crippen LogP contribution is -2.55. The molecule has 2 fully saturated rings. The van der Waals surface area contributed by atoms with Crippen LogP contribution in [0.5, 0.6) is 0 Å². The molecule has 4 heterocycles. The normalized spacial score (nSPS) is 31.4. The van der Waals surface area contributed by atoms with E-state index in [9.17, 15) is 19.5 Å². The Morgan fingerprint density at radius 2 is 1.86 bits per heavy atom. The molecular formula is C27H32ClN3O5. The minimum absolute atomic E-state index is 0.00266. The van der Waals surface area contributed by atoms with Crippen molar-refractivity contribution in [2.24, 2.45) is 11.8 Å². The molecule has 9 heteroatoms. The van der Waals surface area contributed by atoms with E-state index >= 15 is 0 Å². The Kier molecular flexibility index (Phi) is 6.94. The minimum Gasteiger partial charge on any atom is -0.396 e. The van der Waals surface area contributed by atoms with Gasteiger partial charge in [0, 0.05) is 32.8 Å². The number of hydrogen-bond acceptors (Lipinski definition) is 5. The molecule has 192 valence electrons. The summed E-state index contributed by atoms with van der Waals surface area (Å²) in [6, 6.07) is 6.19. The number of aliphatic hydroxyl groups is 1. The molecule has 1 spiro atoms. The van der Waals surface area contributed by atoms with Gasteiger partial charge in [-0.05, 0) is 31.4 Å². The molecule has 5 rings (SSSR count). The molecular weight excluding hydrogens is 482 g/mol. The van der Waals surface area contributed by atoms with Crippen LogP contribution < -0.4 is 4.90 Å². The fraction of sp³-hybridized carbons (Fsp3) is 0.519. The molecule has 5 atom stereocenters. The lowest BCUT2D eigenvalue weighted by molar-refractivity contribution is -0.144. The second kappa shape index (κ2) is 10.00. The van der Waals surface area contributed by atoms with Gasteiger partial charge in [-0.15, -0.1) is 0 Å². The number of rotatable bonds is 7. The minimum atomic E-state index is -1.26. The van der Waals surface area contributed by atoms with E-state index in [1.807, 2.05) is 37.3 Å². The molecule has 0 aromatic heterocycles. The number of amides is 3. The van der Waals surface area contributed by atoms with Crippen molar-refractivity contribution in [1.29, 1.82) is 0 Å². The molecule has 4 aliphatic rings. The summed E-state index contributed by atoms with van der Waals surface area (Å²) in [4.78, 5) is 46.9. The summed E-state index contributed by atoms with van der Waals surface area (Å²) in [5, 5.41) is 9.77. The van der Waals surface area contributed by atoms with Crippen molar-refractivity contribution < 1.29 is 24.2 Å². The number of aliphatic hydroxyl groups excluding tert-OH is 1. The highest BCUT2D eigenvalue weighted by Crippen LogP contribution is 2.53. The van der Waals surface area contributed by atoms with Crippen LogP contribution in [-0.2, 0) is 19.1 Å². The number of benzene rings is 1. The van der Waals surface area contributed by atoms with Crippen molar-refractivity contribution in [2.75, 3.05) is 37.7 Å². The standard InChI is InChI=1S/C27H32ClN3O5/c1-2-13-29-14-7-11-20-21(24(29)33)22-25(34)31(15-5-6-17-32)23-26(35)30(16-8-12-27(22,23)36-20)19-10-4-3-9-18(19)28/h3-4,7-12,20-23,32H,2,5-6,13-17H2,1H3/t20-,21+,22-,23?,27-/m0/s1. The van der Waals surface area contributed by atoms with Crippen LogP contribution in [0.4, 0.5) is 5.69 Å². The largest absolute Gasteiger partial charge is 0.396 e. The lowest BCUT2D eigenvalue weighted by Gasteiger charge is -2.35. The van der Waals surface area contributed by atoms with Gasteiger partial charge in [0.25, 0.3) is 5.91 Å². The summed E-state index contributed by atoms with van der Waals surface area (Å²) in [6.07, 6.45) is 8.75. The zero-order valence-corrected chi connectivity index (χ0v) is 21.1. The predicted octanol–water partition coefficient (Wildman–Crippen LogP) is 2.40. The van der Waals surface area contributed by atoms with Gasteiger partial charge in [0.1, 0.15) is 11.6 Å². The van der Waals surface area contributed by atoms with E-state index in [1.54, 1.807) is 32.9 Å². The SMILES string of the molecule is CCCN1CC=C[C@@H]2O[C@]34C=CCN(c5ccccc5Cl)C(=O)C3N(CCCCO)C(=O)[C@@H]4[C@@H]2C1=O. The van der Waals surface area contributed by atoms with Crippen LogP contribution in [0, 0.1) is 11.8 Å². The smallest absolute Gasteiger partial charge is 0.253 e. The van der Waals surface area contributed by atoms with Crippen LogP contribution in [0.15, 0.2) is 48.6 Å². The Balaban J connectivity index is 1.59. The molecule has 1 aromatic rings. The van der Waals surface area contributed by atoms with Gasteiger partial charge >= 0.3 is 0 Å². The molecule has 1 aromatic carbocycles. The maximum Gasteiger partial charge on any atom is 0.253 e. The number of nitrogens with zero attached hydrogens (tertiary/aromatic N) is 3. The number of halogens is 1. The van der Waals surface area contributed by atoms with E-state index in [0.717, 1.165) is 6.42 Å². The van der Waals surface area contributed by atoms with E-state index in [0.29, 0.717) is 43.2 Å². The maximum absolute atomic E-state index is 14.2. The number of carbonyl (C=O) groups is 3. The summed E-state index contributed by atoms with van der Waals surface area (Å²) in [6.45, 7) is 3.66. The fourth-order valence-corrected chi connectivity index (χ4v) is 6.42. The van der Waals surface area contributed by atoms with Crippen molar-refractivity contribution in [3.63, 3.8) is 0 Å². The highest BCUT2D eigenvalue weighted by Gasteiger charge is 2.71. The van der Waals surface area contributed by atoms with Gasteiger partial charge in [0.2, 0.25) is 11.8 Å². The Labute approximate surface area is 216 Å². The lowest BCUT2D eigenvalue weighted by atomic mass is 9.77. The monoisotopic (exact) mass is 513 g/mol. The topological polar surface area (TPSA) is 90.4 Å². The van der Waals surface area contributed by atoms with E-state index in [4.69, 9.17) is 16.3 Å². The molecule has 3 amide bonds. The fourth-order valence-electron chi connectivity index (χ4n) is 6.18. The van der Waals surface area contributed by atoms with Gasteiger partial charge < -0.3 is 24.5 Å². The first kappa shape index (κ1) is 25.0. The first-order valence-electron chi connectivity index (χ1n) is 12.7. The Hall–Kier alpha value is -2.68.